The van der Waals surface area contributed by atoms with Crippen molar-refractivity contribution in [1.29, 1.82) is 0 Å². The molecule has 4 aromatic rings. The van der Waals surface area contributed by atoms with E-state index in [1.807, 2.05) is 62.4 Å². The van der Waals surface area contributed by atoms with Crippen LogP contribution in [0.15, 0.2) is 59.1 Å². The molecule has 0 unspecified atom stereocenters. The summed E-state index contributed by atoms with van der Waals surface area (Å²) in [5.74, 6) is 2.35. The van der Waals surface area contributed by atoms with E-state index in [2.05, 4.69) is 22.0 Å². The SMILES string of the molecule is COc1ccc2c(Oc3ccc(Br)cc3)c(-c3ccc(C)c(C=O)c3C)sc2c1. The molecule has 0 saturated heterocycles. The number of fused-ring (bicyclic) bond motifs is 1. The van der Waals surface area contributed by atoms with Crippen molar-refractivity contribution < 1.29 is 14.3 Å². The van der Waals surface area contributed by atoms with Gasteiger partial charge in [-0.25, -0.2) is 0 Å². The van der Waals surface area contributed by atoms with E-state index in [1.165, 1.54) is 0 Å². The Morgan fingerprint density at radius 3 is 2.38 bits per heavy atom. The van der Waals surface area contributed by atoms with Crippen LogP contribution in [0.1, 0.15) is 21.5 Å². The molecule has 3 nitrogen and oxygen atoms in total. The van der Waals surface area contributed by atoms with Crippen molar-refractivity contribution in [1.82, 2.24) is 0 Å². The van der Waals surface area contributed by atoms with Gasteiger partial charge in [0.1, 0.15) is 11.5 Å². The second-order valence-corrected chi connectivity index (χ2v) is 8.73. The fourth-order valence-electron chi connectivity index (χ4n) is 3.37. The van der Waals surface area contributed by atoms with Crippen molar-refractivity contribution in [3.8, 4) is 27.7 Å². The molecule has 0 N–H and O–H groups in total. The summed E-state index contributed by atoms with van der Waals surface area (Å²) in [7, 11) is 1.66. The number of methoxy groups -OCH3 is 1. The highest BCUT2D eigenvalue weighted by molar-refractivity contribution is 9.10. The molecule has 0 bridgehead atoms. The number of aryl methyl sites for hydroxylation is 1. The first kappa shape index (κ1) is 19.7. The Kier molecular flexibility index (Phi) is 5.43. The van der Waals surface area contributed by atoms with Gasteiger partial charge in [-0.15, -0.1) is 11.3 Å². The molecular weight excluding hydrogens is 448 g/mol. The van der Waals surface area contributed by atoms with Gasteiger partial charge >= 0.3 is 0 Å². The molecule has 0 atom stereocenters. The van der Waals surface area contributed by atoms with Gasteiger partial charge in [0.2, 0.25) is 0 Å². The highest BCUT2D eigenvalue weighted by Gasteiger charge is 2.20. The van der Waals surface area contributed by atoms with Crippen molar-refractivity contribution in [2.24, 2.45) is 0 Å². The fourth-order valence-corrected chi connectivity index (χ4v) is 4.88. The summed E-state index contributed by atoms with van der Waals surface area (Å²) in [6.45, 7) is 3.94. The minimum absolute atomic E-state index is 0.729. The lowest BCUT2D eigenvalue weighted by atomic mass is 9.97. The summed E-state index contributed by atoms with van der Waals surface area (Å²) < 4.78 is 13.8. The molecule has 29 heavy (non-hydrogen) atoms. The van der Waals surface area contributed by atoms with Crippen molar-refractivity contribution in [2.45, 2.75) is 13.8 Å². The van der Waals surface area contributed by atoms with Gasteiger partial charge in [-0.3, -0.25) is 4.79 Å². The van der Waals surface area contributed by atoms with Crippen LogP contribution in [0.2, 0.25) is 0 Å². The summed E-state index contributed by atoms with van der Waals surface area (Å²) in [6.07, 6.45) is 0.930. The first-order chi connectivity index (χ1) is 14.0. The Labute approximate surface area is 182 Å². The number of halogens is 1. The molecule has 3 aromatic carbocycles. The lowest BCUT2D eigenvalue weighted by Gasteiger charge is -2.12. The lowest BCUT2D eigenvalue weighted by molar-refractivity contribution is 0.112. The first-order valence-electron chi connectivity index (χ1n) is 9.11. The molecule has 146 valence electrons. The predicted molar refractivity (Wildman–Crippen MR) is 123 cm³/mol. The van der Waals surface area contributed by atoms with Gasteiger partial charge in [0.15, 0.2) is 12.0 Å². The first-order valence-corrected chi connectivity index (χ1v) is 10.7. The van der Waals surface area contributed by atoms with Crippen LogP contribution < -0.4 is 9.47 Å². The Morgan fingerprint density at radius 1 is 0.966 bits per heavy atom. The average molecular weight is 467 g/mol. The zero-order valence-electron chi connectivity index (χ0n) is 16.3. The van der Waals surface area contributed by atoms with Crippen molar-refractivity contribution >= 4 is 43.6 Å². The van der Waals surface area contributed by atoms with Crippen molar-refractivity contribution in [2.75, 3.05) is 7.11 Å². The van der Waals surface area contributed by atoms with Crippen LogP contribution in [0, 0.1) is 13.8 Å². The van der Waals surface area contributed by atoms with E-state index in [1.54, 1.807) is 18.4 Å². The van der Waals surface area contributed by atoms with Crippen LogP contribution in [0.5, 0.6) is 17.2 Å². The zero-order valence-corrected chi connectivity index (χ0v) is 18.7. The molecule has 0 spiro atoms. The van der Waals surface area contributed by atoms with Crippen molar-refractivity contribution in [3.05, 3.63) is 75.8 Å². The van der Waals surface area contributed by atoms with Crippen LogP contribution in [-0.2, 0) is 0 Å². The standard InChI is InChI=1S/C24H19BrO3S/c1-14-4-10-19(15(2)21(14)13-26)24-23(28-17-7-5-16(25)6-8-17)20-11-9-18(27-3)12-22(20)29-24/h4-13H,1-3H3. The van der Waals surface area contributed by atoms with Gasteiger partial charge in [-0.1, -0.05) is 28.1 Å². The highest BCUT2D eigenvalue weighted by Crippen LogP contribution is 2.48. The average Bonchev–Trinajstić information content (AvgIpc) is 3.07. The minimum atomic E-state index is 0.729. The number of benzene rings is 3. The lowest BCUT2D eigenvalue weighted by Crippen LogP contribution is -1.94. The van der Waals surface area contributed by atoms with E-state index in [4.69, 9.17) is 9.47 Å². The van der Waals surface area contributed by atoms with Gasteiger partial charge in [0, 0.05) is 20.1 Å². The van der Waals surface area contributed by atoms with Crippen molar-refractivity contribution in [3.63, 3.8) is 0 Å². The molecular formula is C24H19BrO3S. The topological polar surface area (TPSA) is 35.5 Å². The maximum Gasteiger partial charge on any atom is 0.153 e. The number of rotatable bonds is 5. The number of ether oxygens (including phenoxy) is 2. The molecule has 0 aliphatic carbocycles. The van der Waals surface area contributed by atoms with Gasteiger partial charge < -0.3 is 9.47 Å². The van der Waals surface area contributed by atoms with Gasteiger partial charge in [0.25, 0.3) is 0 Å². The molecule has 0 fully saturated rings. The van der Waals surface area contributed by atoms with Crippen LogP contribution in [0.25, 0.3) is 20.5 Å². The van der Waals surface area contributed by atoms with E-state index >= 15 is 0 Å². The molecule has 0 aliphatic heterocycles. The zero-order chi connectivity index (χ0) is 20.5. The Hall–Kier alpha value is -2.63. The number of hydrogen-bond donors (Lipinski definition) is 0. The largest absolute Gasteiger partial charge is 0.497 e. The maximum absolute atomic E-state index is 11.6. The third-order valence-electron chi connectivity index (χ3n) is 4.98. The van der Waals surface area contributed by atoms with E-state index in [-0.39, 0.29) is 0 Å². The number of carbonyl (C=O) groups excluding carboxylic acids is 1. The second kappa shape index (κ2) is 8.01. The third kappa shape index (κ3) is 3.68. The van der Waals surface area contributed by atoms with Crippen LogP contribution >= 0.6 is 27.3 Å². The fraction of sp³-hybridized carbons (Fsp3) is 0.125. The number of thiophene rings is 1. The summed E-state index contributed by atoms with van der Waals surface area (Å²) in [5, 5.41) is 1.02. The molecule has 0 amide bonds. The monoisotopic (exact) mass is 466 g/mol. The summed E-state index contributed by atoms with van der Waals surface area (Å²) in [5.41, 5.74) is 3.66. The normalized spacial score (nSPS) is 10.9. The van der Waals surface area contributed by atoms with Crippen LogP contribution in [0.3, 0.4) is 0 Å². The van der Waals surface area contributed by atoms with E-state index in [0.717, 1.165) is 65.2 Å². The molecule has 5 heteroatoms. The smallest absolute Gasteiger partial charge is 0.153 e. The van der Waals surface area contributed by atoms with Gasteiger partial charge in [-0.05, 0) is 73.0 Å². The summed E-state index contributed by atoms with van der Waals surface area (Å²) in [4.78, 5) is 12.6. The quantitative estimate of drug-likeness (QED) is 0.284. The van der Waals surface area contributed by atoms with Crippen LogP contribution in [0.4, 0.5) is 0 Å². The summed E-state index contributed by atoms with van der Waals surface area (Å²) in [6, 6.07) is 17.8. The van der Waals surface area contributed by atoms with E-state index < -0.39 is 0 Å². The number of carbonyl (C=O) groups is 1. The number of hydrogen-bond acceptors (Lipinski definition) is 4. The molecule has 0 saturated carbocycles. The van der Waals surface area contributed by atoms with Crippen LogP contribution in [-0.4, -0.2) is 13.4 Å². The Morgan fingerprint density at radius 2 is 1.69 bits per heavy atom. The molecule has 0 radical (unpaired) electrons. The minimum Gasteiger partial charge on any atom is -0.497 e. The second-order valence-electron chi connectivity index (χ2n) is 6.76. The Balaban J connectivity index is 1.95. The molecule has 1 heterocycles. The highest BCUT2D eigenvalue weighted by atomic mass is 79.9. The number of aldehydes is 1. The summed E-state index contributed by atoms with van der Waals surface area (Å²) >= 11 is 5.10. The molecule has 1 aromatic heterocycles. The van der Waals surface area contributed by atoms with Gasteiger partial charge in [-0.2, -0.15) is 0 Å². The predicted octanol–water partition coefficient (Wildman–Crippen LogP) is 7.56. The Bertz CT molecular complexity index is 1210. The maximum atomic E-state index is 11.6. The van der Waals surface area contributed by atoms with E-state index in [9.17, 15) is 4.79 Å². The van der Waals surface area contributed by atoms with E-state index in [0.29, 0.717) is 0 Å². The molecule has 0 aliphatic rings. The molecule has 4 rings (SSSR count). The third-order valence-corrected chi connectivity index (χ3v) is 6.68. The van der Waals surface area contributed by atoms with Gasteiger partial charge in [0.05, 0.1) is 12.0 Å².